The fourth-order valence-electron chi connectivity index (χ4n) is 1.33. The average Bonchev–Trinajstić information content (AvgIpc) is 2.85. The smallest absolute Gasteiger partial charge is 0.325 e. The van der Waals surface area contributed by atoms with E-state index in [0.717, 1.165) is 18.6 Å². The van der Waals surface area contributed by atoms with Gasteiger partial charge in [0.2, 0.25) is 0 Å². The van der Waals surface area contributed by atoms with Gasteiger partial charge in [-0.25, -0.2) is 4.39 Å². The molecule has 1 atom stereocenters. The monoisotopic (exact) mass is 242 g/mol. The Morgan fingerprint density at radius 3 is 2.33 bits per heavy atom. The summed E-state index contributed by atoms with van der Waals surface area (Å²) in [5, 5.41) is 0. The van der Waals surface area contributed by atoms with Crippen LogP contribution >= 0.6 is 0 Å². The molecule has 1 saturated carbocycles. The number of halogens is 4. The van der Waals surface area contributed by atoms with Gasteiger partial charge in [-0.2, -0.15) is 25.5 Å². The van der Waals surface area contributed by atoms with Gasteiger partial charge in [0.15, 0.2) is 0 Å². The number of hydrogen-bond donors (Lipinski definition) is 0. The maximum absolute atomic E-state index is 12.8. The molecule has 0 unspecified atom stereocenters. The molecule has 1 aromatic rings. The van der Waals surface area contributed by atoms with Gasteiger partial charge in [-0.15, -0.1) is 0 Å². The summed E-state index contributed by atoms with van der Waals surface area (Å²) >= 11 is 0. The van der Waals surface area contributed by atoms with E-state index in [1.807, 2.05) is 6.42 Å². The molecular formula is C10H7F4K. The molecule has 0 amide bonds. The molecule has 0 spiro atoms. The zero-order chi connectivity index (χ0) is 10.3. The van der Waals surface area contributed by atoms with Crippen LogP contribution in [0.3, 0.4) is 0 Å². The van der Waals surface area contributed by atoms with Crippen molar-refractivity contribution in [1.29, 1.82) is 0 Å². The maximum Gasteiger partial charge on any atom is 1.00 e. The van der Waals surface area contributed by atoms with Gasteiger partial charge in [0.25, 0.3) is 0 Å². The molecule has 0 saturated heterocycles. The second-order valence-electron chi connectivity index (χ2n) is 3.31. The van der Waals surface area contributed by atoms with Crippen molar-refractivity contribution in [3.63, 3.8) is 0 Å². The van der Waals surface area contributed by atoms with E-state index in [1.165, 1.54) is 6.07 Å². The third-order valence-corrected chi connectivity index (χ3v) is 2.20. The molecule has 2 rings (SSSR count). The van der Waals surface area contributed by atoms with Crippen molar-refractivity contribution in [1.82, 2.24) is 0 Å². The van der Waals surface area contributed by atoms with E-state index in [9.17, 15) is 17.6 Å². The summed E-state index contributed by atoms with van der Waals surface area (Å²) in [5.74, 6) is -1.13. The van der Waals surface area contributed by atoms with Crippen molar-refractivity contribution in [3.8, 4) is 0 Å². The quantitative estimate of drug-likeness (QED) is 0.383. The molecular weight excluding hydrogens is 235 g/mol. The van der Waals surface area contributed by atoms with E-state index in [0.29, 0.717) is 5.56 Å². The molecule has 1 fully saturated rings. The summed E-state index contributed by atoms with van der Waals surface area (Å²) in [6.07, 6.45) is -1.94. The first-order valence-corrected chi connectivity index (χ1v) is 4.18. The second kappa shape index (κ2) is 4.83. The molecule has 1 aromatic carbocycles. The normalized spacial score (nSPS) is 19.6. The fraction of sp³-hybridized carbons (Fsp3) is 0.300. The Kier molecular flexibility index (Phi) is 4.40. The SMILES string of the molecule is Fc1ccc([C@@H]2[CH-]C2)cc1C(F)(F)F.[K+]. The Labute approximate surface area is 127 Å². The molecule has 0 nitrogen and oxygen atoms in total. The minimum atomic E-state index is -4.60. The van der Waals surface area contributed by atoms with Gasteiger partial charge in [0.1, 0.15) is 5.82 Å². The largest absolute Gasteiger partial charge is 1.00 e. The van der Waals surface area contributed by atoms with Crippen molar-refractivity contribution in [3.05, 3.63) is 41.6 Å². The molecule has 1 aliphatic rings. The van der Waals surface area contributed by atoms with E-state index in [2.05, 4.69) is 0 Å². The molecule has 0 radical (unpaired) electrons. The maximum atomic E-state index is 12.8. The summed E-state index contributed by atoms with van der Waals surface area (Å²) < 4.78 is 49.6. The van der Waals surface area contributed by atoms with Crippen LogP contribution in [0.15, 0.2) is 18.2 Å². The van der Waals surface area contributed by atoms with Crippen molar-refractivity contribution in [2.45, 2.75) is 18.5 Å². The molecule has 0 N–H and O–H groups in total. The predicted molar refractivity (Wildman–Crippen MR) is 43.1 cm³/mol. The average molecular weight is 242 g/mol. The molecule has 5 heteroatoms. The minimum absolute atomic E-state index is 0. The van der Waals surface area contributed by atoms with Gasteiger partial charge in [0, 0.05) is 0 Å². The standard InChI is InChI=1S/C10H7F4.K/c11-9-4-3-7(6-1-2-6)5-8(9)10(12,13)14;/h1,3-6H,2H2;/q-1;+1/t6-;/m1./s1. The summed E-state index contributed by atoms with van der Waals surface area (Å²) in [6.45, 7) is 0. The van der Waals surface area contributed by atoms with Crippen molar-refractivity contribution in [2.24, 2.45) is 0 Å². The van der Waals surface area contributed by atoms with Crippen LogP contribution in [0.1, 0.15) is 23.5 Å². The molecule has 0 aromatic heterocycles. The van der Waals surface area contributed by atoms with Crippen LogP contribution in [0.4, 0.5) is 17.6 Å². The Bertz CT molecular complexity index is 355. The molecule has 1 aliphatic carbocycles. The van der Waals surface area contributed by atoms with Crippen LogP contribution in [-0.4, -0.2) is 0 Å². The molecule has 0 aliphatic heterocycles. The van der Waals surface area contributed by atoms with Gasteiger partial charge in [-0.1, -0.05) is 11.6 Å². The molecule has 0 bridgehead atoms. The zero-order valence-electron chi connectivity index (χ0n) is 8.11. The van der Waals surface area contributed by atoms with E-state index < -0.39 is 17.6 Å². The Morgan fingerprint density at radius 2 is 1.87 bits per heavy atom. The van der Waals surface area contributed by atoms with E-state index >= 15 is 0 Å². The third-order valence-electron chi connectivity index (χ3n) is 2.20. The number of hydrogen-bond acceptors (Lipinski definition) is 0. The number of rotatable bonds is 1. The predicted octanol–water partition coefficient (Wildman–Crippen LogP) is 0.540. The topological polar surface area (TPSA) is 0 Å². The van der Waals surface area contributed by atoms with Crippen LogP contribution in [0.2, 0.25) is 0 Å². The number of alkyl halides is 3. The summed E-state index contributed by atoms with van der Waals surface area (Å²) in [5.41, 5.74) is -0.631. The van der Waals surface area contributed by atoms with Gasteiger partial charge >= 0.3 is 57.6 Å². The van der Waals surface area contributed by atoms with Crippen LogP contribution in [-0.2, 0) is 6.18 Å². The van der Waals surface area contributed by atoms with Crippen molar-refractivity contribution in [2.75, 3.05) is 0 Å². The van der Waals surface area contributed by atoms with E-state index in [1.54, 1.807) is 0 Å². The van der Waals surface area contributed by atoms with Gasteiger partial charge < -0.3 is 6.42 Å². The first kappa shape index (κ1) is 13.6. The zero-order valence-corrected chi connectivity index (χ0v) is 11.2. The summed E-state index contributed by atoms with van der Waals surface area (Å²) in [4.78, 5) is 0. The van der Waals surface area contributed by atoms with Gasteiger partial charge in [-0.3, -0.25) is 0 Å². The molecule has 0 heterocycles. The van der Waals surface area contributed by atoms with Crippen LogP contribution in [0.25, 0.3) is 0 Å². The van der Waals surface area contributed by atoms with Crippen molar-refractivity contribution < 1.29 is 68.9 Å². The second-order valence-corrected chi connectivity index (χ2v) is 3.31. The minimum Gasteiger partial charge on any atom is -0.325 e. The molecule has 15 heavy (non-hydrogen) atoms. The first-order chi connectivity index (χ1) is 6.48. The van der Waals surface area contributed by atoms with Crippen molar-refractivity contribution >= 4 is 0 Å². The Balaban J connectivity index is 0.00000112. The summed E-state index contributed by atoms with van der Waals surface area (Å²) in [7, 11) is 0. The fourth-order valence-corrected chi connectivity index (χ4v) is 1.33. The van der Waals surface area contributed by atoms with Gasteiger partial charge in [0.05, 0.1) is 5.56 Å². The van der Waals surface area contributed by atoms with Gasteiger partial charge in [-0.05, 0) is 12.1 Å². The van der Waals surface area contributed by atoms with E-state index in [-0.39, 0.29) is 57.3 Å². The third kappa shape index (κ3) is 3.26. The number of benzene rings is 1. The first-order valence-electron chi connectivity index (χ1n) is 4.18. The Hall–Kier alpha value is 0.576. The van der Waals surface area contributed by atoms with E-state index in [4.69, 9.17) is 0 Å². The van der Waals surface area contributed by atoms with Crippen LogP contribution < -0.4 is 51.4 Å². The Morgan fingerprint density at radius 1 is 1.27 bits per heavy atom. The van der Waals surface area contributed by atoms with Crippen LogP contribution in [0, 0.1) is 12.2 Å². The molecule has 76 valence electrons. The summed E-state index contributed by atoms with van der Waals surface area (Å²) in [6, 6.07) is 3.17. The van der Waals surface area contributed by atoms with Crippen LogP contribution in [0.5, 0.6) is 0 Å².